The second-order valence-electron chi connectivity index (χ2n) is 17.0. The summed E-state index contributed by atoms with van der Waals surface area (Å²) >= 11 is 0. The highest BCUT2D eigenvalue weighted by Crippen LogP contribution is 2.34. The van der Waals surface area contributed by atoms with Crippen LogP contribution in [0.1, 0.15) is 115 Å². The molecule has 16 nitrogen and oxygen atoms in total. The number of allylic oxidation sites excluding steroid dienone is 2. The Labute approximate surface area is 352 Å². The van der Waals surface area contributed by atoms with Gasteiger partial charge in [0.2, 0.25) is 11.8 Å². The maximum atomic E-state index is 14.8. The SMILES string of the molecule is COC(=O)c1cc(OC2C[C@H]3C(=O)N[C@H](C(=O)OC)CC/C=C/CCCCC[C@H](NC(=O)NC4(CS(=O)(=O)C(C)(C)C)CCCCC4)C(=O)N3C2)c2ccc(OC)cc2n1. The van der Waals surface area contributed by atoms with Crippen molar-refractivity contribution in [3.05, 3.63) is 42.1 Å². The lowest BCUT2D eigenvalue weighted by Gasteiger charge is -2.40. The van der Waals surface area contributed by atoms with Gasteiger partial charge in [-0.05, 0) is 77.8 Å². The molecule has 1 saturated carbocycles. The van der Waals surface area contributed by atoms with Crippen molar-refractivity contribution in [2.24, 2.45) is 0 Å². The summed E-state index contributed by atoms with van der Waals surface area (Å²) in [5.41, 5.74) is -0.649. The largest absolute Gasteiger partial charge is 0.497 e. The van der Waals surface area contributed by atoms with E-state index in [9.17, 15) is 32.4 Å². The summed E-state index contributed by atoms with van der Waals surface area (Å²) in [7, 11) is 0.360. The first-order valence-electron chi connectivity index (χ1n) is 20.9. The van der Waals surface area contributed by atoms with E-state index in [2.05, 4.69) is 20.9 Å². The number of urea groups is 1. The van der Waals surface area contributed by atoms with Crippen molar-refractivity contribution in [2.75, 3.05) is 33.6 Å². The molecule has 5 rings (SSSR count). The maximum absolute atomic E-state index is 14.8. The Morgan fingerprint density at radius 2 is 1.65 bits per heavy atom. The smallest absolute Gasteiger partial charge is 0.356 e. The highest BCUT2D eigenvalue weighted by molar-refractivity contribution is 7.92. The van der Waals surface area contributed by atoms with E-state index in [4.69, 9.17) is 18.9 Å². The number of sulfone groups is 1. The third-order valence-electron chi connectivity index (χ3n) is 11.7. The van der Waals surface area contributed by atoms with E-state index in [-0.39, 0.29) is 43.0 Å². The number of hydrogen-bond donors (Lipinski definition) is 3. The summed E-state index contributed by atoms with van der Waals surface area (Å²) in [6, 6.07) is 2.67. The summed E-state index contributed by atoms with van der Waals surface area (Å²) in [5.74, 6) is -1.93. The van der Waals surface area contributed by atoms with Gasteiger partial charge in [0.15, 0.2) is 15.5 Å². The van der Waals surface area contributed by atoms with Crippen LogP contribution in [0.2, 0.25) is 0 Å². The molecule has 1 saturated heterocycles. The van der Waals surface area contributed by atoms with Crippen LogP contribution in [0.3, 0.4) is 0 Å². The number of fused-ring (bicyclic) bond motifs is 2. The minimum absolute atomic E-state index is 0.00554. The van der Waals surface area contributed by atoms with E-state index in [1.807, 2.05) is 12.2 Å². The number of aromatic nitrogens is 1. The summed E-state index contributed by atoms with van der Waals surface area (Å²) in [5, 5.41) is 9.25. The molecule has 0 bridgehead atoms. The Balaban J connectivity index is 1.49. The number of carbonyl (C=O) groups is 5. The topological polar surface area (TPSA) is 209 Å². The first kappa shape index (κ1) is 46.1. The van der Waals surface area contributed by atoms with E-state index in [0.717, 1.165) is 38.5 Å². The number of rotatable bonds is 9. The number of methoxy groups -OCH3 is 3. The standard InChI is InChI=1S/C43H61N5O11S/c1-42(2,3)60(54,55)27-43(21-15-12-16-22-43)47-41(53)46-31-17-13-10-8-7-9-11-14-18-32(39(51)57-5)45-37(49)35-24-29(26-48(35)38(31)50)59-36-25-34(40(52)58-6)44-33-23-28(56-4)19-20-30(33)36/h9,11,19-20,23,25,29,31-32,35H,7-8,10,12-18,21-22,24,26-27H2,1-6H3,(H,45,49)(H2,46,47,53)/b11-9+/t29?,31-,32-,35-/m0/s1. The molecule has 3 heterocycles. The molecule has 2 aromatic rings. The monoisotopic (exact) mass is 855 g/mol. The number of carbonyl (C=O) groups excluding carboxylic acids is 5. The molecule has 4 atom stereocenters. The predicted molar refractivity (Wildman–Crippen MR) is 224 cm³/mol. The molecule has 3 aliphatic rings. The molecule has 1 aromatic carbocycles. The van der Waals surface area contributed by atoms with Crippen molar-refractivity contribution >= 4 is 50.5 Å². The zero-order valence-corrected chi connectivity index (χ0v) is 36.5. The Kier molecular flexibility index (Phi) is 15.4. The summed E-state index contributed by atoms with van der Waals surface area (Å²) in [6.07, 6.45) is 10.6. The van der Waals surface area contributed by atoms with Crippen molar-refractivity contribution in [3.63, 3.8) is 0 Å². The van der Waals surface area contributed by atoms with Crippen LogP contribution in [0.15, 0.2) is 36.4 Å². The van der Waals surface area contributed by atoms with Gasteiger partial charge in [-0.3, -0.25) is 9.59 Å². The molecule has 60 heavy (non-hydrogen) atoms. The van der Waals surface area contributed by atoms with Crippen molar-refractivity contribution in [3.8, 4) is 11.5 Å². The molecule has 2 fully saturated rings. The fraction of sp³-hybridized carbons (Fsp3) is 0.628. The summed E-state index contributed by atoms with van der Waals surface area (Å²) in [4.78, 5) is 74.5. The molecule has 1 unspecified atom stereocenters. The normalized spacial score (nSPS) is 23.7. The Morgan fingerprint density at radius 3 is 2.33 bits per heavy atom. The Bertz CT molecular complexity index is 2030. The number of hydrogen-bond acceptors (Lipinski definition) is 12. The number of nitrogens with one attached hydrogen (secondary N) is 3. The number of benzene rings is 1. The van der Waals surface area contributed by atoms with Crippen LogP contribution in [0.5, 0.6) is 11.5 Å². The molecular formula is C43H61N5O11S. The highest BCUT2D eigenvalue weighted by atomic mass is 32.2. The third-order valence-corrected chi connectivity index (χ3v) is 14.5. The van der Waals surface area contributed by atoms with Gasteiger partial charge in [-0.25, -0.2) is 27.8 Å². The second-order valence-corrected chi connectivity index (χ2v) is 19.7. The lowest BCUT2D eigenvalue weighted by molar-refractivity contribution is -0.146. The Hall–Kier alpha value is -4.93. The van der Waals surface area contributed by atoms with Crippen molar-refractivity contribution < 1.29 is 51.3 Å². The van der Waals surface area contributed by atoms with Crippen molar-refractivity contribution in [1.29, 1.82) is 0 Å². The van der Waals surface area contributed by atoms with Crippen LogP contribution in [-0.2, 0) is 33.7 Å². The molecule has 0 spiro atoms. The van der Waals surface area contributed by atoms with E-state index < -0.39 is 74.1 Å². The number of pyridine rings is 1. The molecule has 17 heteroatoms. The number of esters is 2. The van der Waals surface area contributed by atoms with Crippen LogP contribution in [-0.4, -0.2) is 116 Å². The molecule has 3 N–H and O–H groups in total. The van der Waals surface area contributed by atoms with E-state index in [0.29, 0.717) is 42.3 Å². The van der Waals surface area contributed by atoms with E-state index in [1.165, 1.54) is 32.3 Å². The van der Waals surface area contributed by atoms with Gasteiger partial charge in [0.25, 0.3) is 0 Å². The minimum atomic E-state index is -3.62. The average Bonchev–Trinajstić information content (AvgIpc) is 3.64. The predicted octanol–water partition coefficient (Wildman–Crippen LogP) is 4.92. The van der Waals surface area contributed by atoms with Gasteiger partial charge in [-0.1, -0.05) is 44.3 Å². The van der Waals surface area contributed by atoms with Gasteiger partial charge < -0.3 is 39.8 Å². The van der Waals surface area contributed by atoms with Crippen LogP contribution in [0, 0.1) is 0 Å². The van der Waals surface area contributed by atoms with E-state index in [1.54, 1.807) is 39.0 Å². The fourth-order valence-corrected chi connectivity index (χ4v) is 9.64. The second kappa shape index (κ2) is 20.1. The van der Waals surface area contributed by atoms with Crippen LogP contribution < -0.4 is 25.4 Å². The summed E-state index contributed by atoms with van der Waals surface area (Å²) in [6.45, 7) is 4.85. The number of amides is 4. The molecule has 330 valence electrons. The van der Waals surface area contributed by atoms with Gasteiger partial charge in [-0.2, -0.15) is 0 Å². The molecule has 1 aromatic heterocycles. The third kappa shape index (κ3) is 11.5. The zero-order chi connectivity index (χ0) is 43.7. The first-order valence-corrected chi connectivity index (χ1v) is 22.5. The number of ether oxygens (including phenoxy) is 4. The fourth-order valence-electron chi connectivity index (χ4n) is 8.12. The molecule has 0 radical (unpaired) electrons. The van der Waals surface area contributed by atoms with Gasteiger partial charge >= 0.3 is 18.0 Å². The molecule has 2 aliphatic heterocycles. The van der Waals surface area contributed by atoms with E-state index >= 15 is 0 Å². The molecule has 4 amide bonds. The van der Waals surface area contributed by atoms with Gasteiger partial charge in [0.1, 0.15) is 35.7 Å². The van der Waals surface area contributed by atoms with Crippen LogP contribution >= 0.6 is 0 Å². The minimum Gasteiger partial charge on any atom is -0.497 e. The number of nitrogens with zero attached hydrogens (tertiary/aromatic N) is 2. The molecular weight excluding hydrogens is 795 g/mol. The van der Waals surface area contributed by atoms with Gasteiger partial charge in [0.05, 0.1) is 49.4 Å². The van der Waals surface area contributed by atoms with Crippen molar-refractivity contribution in [1.82, 2.24) is 25.8 Å². The van der Waals surface area contributed by atoms with Crippen LogP contribution in [0.4, 0.5) is 4.79 Å². The lowest BCUT2D eigenvalue weighted by atomic mass is 9.83. The van der Waals surface area contributed by atoms with Crippen molar-refractivity contribution in [2.45, 2.75) is 139 Å². The maximum Gasteiger partial charge on any atom is 0.356 e. The first-order chi connectivity index (χ1) is 28.5. The summed E-state index contributed by atoms with van der Waals surface area (Å²) < 4.78 is 47.8. The van der Waals surface area contributed by atoms with Gasteiger partial charge in [-0.15, -0.1) is 0 Å². The average molecular weight is 856 g/mol. The quantitative estimate of drug-likeness (QED) is 0.227. The highest BCUT2D eigenvalue weighted by Gasteiger charge is 2.46. The zero-order valence-electron chi connectivity index (χ0n) is 35.7. The van der Waals surface area contributed by atoms with Gasteiger partial charge in [0, 0.05) is 23.9 Å². The van der Waals surface area contributed by atoms with Crippen LogP contribution in [0.25, 0.3) is 10.9 Å². The lowest BCUT2D eigenvalue weighted by Crippen LogP contribution is -2.61. The Morgan fingerprint density at radius 1 is 0.933 bits per heavy atom. The molecule has 1 aliphatic carbocycles.